The molecule has 0 saturated carbocycles. The molecule has 0 bridgehead atoms. The lowest BCUT2D eigenvalue weighted by Gasteiger charge is -2.29. The van der Waals surface area contributed by atoms with E-state index in [4.69, 9.17) is 21.4 Å². The maximum Gasteiger partial charge on any atom is 0.261 e. The van der Waals surface area contributed by atoms with Crippen LogP contribution in [0.5, 0.6) is 5.75 Å². The van der Waals surface area contributed by atoms with Crippen LogP contribution in [0.1, 0.15) is 44.1 Å². The van der Waals surface area contributed by atoms with Crippen molar-refractivity contribution in [2.24, 2.45) is 0 Å². The second-order valence-corrected chi connectivity index (χ2v) is 9.44. The van der Waals surface area contributed by atoms with Gasteiger partial charge in [-0.15, -0.1) is 0 Å². The number of halogens is 1. The molecule has 4 rings (SSSR count). The topological polar surface area (TPSA) is 50.6 Å². The number of para-hydroxylation sites is 1. The van der Waals surface area contributed by atoms with E-state index in [0.29, 0.717) is 17.3 Å². The van der Waals surface area contributed by atoms with Gasteiger partial charge in [0, 0.05) is 36.1 Å². The summed E-state index contributed by atoms with van der Waals surface area (Å²) in [7, 11) is 0. The Balaban J connectivity index is 1.58. The quantitative estimate of drug-likeness (QED) is 0.427. The Morgan fingerprint density at radius 1 is 1.15 bits per heavy atom. The smallest absolute Gasteiger partial charge is 0.261 e. The zero-order valence-electron chi connectivity index (χ0n) is 20.2. The van der Waals surface area contributed by atoms with Crippen LogP contribution < -0.4 is 4.74 Å². The molecule has 0 fully saturated rings. The molecular formula is C27H33ClN4O2. The number of ether oxygens (including phenoxy) is 1. The largest absolute Gasteiger partial charge is 0.484 e. The zero-order valence-corrected chi connectivity index (χ0v) is 21.0. The highest BCUT2D eigenvalue weighted by molar-refractivity contribution is 6.30. The average Bonchev–Trinajstić information content (AvgIpc) is 3.20. The predicted octanol–water partition coefficient (Wildman–Crippen LogP) is 5.11. The monoisotopic (exact) mass is 480 g/mol. The molecule has 2 aromatic carbocycles. The molecule has 1 aliphatic rings. The van der Waals surface area contributed by atoms with Crippen LogP contribution in [-0.2, 0) is 24.3 Å². The van der Waals surface area contributed by atoms with Crippen molar-refractivity contribution >= 4 is 17.5 Å². The van der Waals surface area contributed by atoms with E-state index in [1.807, 2.05) is 36.9 Å². The number of aromatic nitrogens is 2. The van der Waals surface area contributed by atoms with Crippen LogP contribution in [0.25, 0.3) is 5.69 Å². The number of fused-ring (bicyclic) bond motifs is 1. The van der Waals surface area contributed by atoms with Crippen molar-refractivity contribution < 1.29 is 9.53 Å². The lowest BCUT2D eigenvalue weighted by atomic mass is 10.0. The summed E-state index contributed by atoms with van der Waals surface area (Å²) >= 11 is 5.95. The van der Waals surface area contributed by atoms with Gasteiger partial charge in [-0.3, -0.25) is 9.69 Å². The molecule has 0 N–H and O–H groups in total. The summed E-state index contributed by atoms with van der Waals surface area (Å²) in [4.78, 5) is 17.5. The van der Waals surface area contributed by atoms with Crippen molar-refractivity contribution in [3.8, 4) is 11.4 Å². The Bertz CT molecular complexity index is 1100. The van der Waals surface area contributed by atoms with Crippen LogP contribution in [0, 0.1) is 0 Å². The van der Waals surface area contributed by atoms with E-state index in [1.54, 1.807) is 24.3 Å². The Labute approximate surface area is 207 Å². The summed E-state index contributed by atoms with van der Waals surface area (Å²) in [5.74, 6) is 0.566. The summed E-state index contributed by atoms with van der Waals surface area (Å²) in [6.45, 7) is 9.68. The van der Waals surface area contributed by atoms with Crippen molar-refractivity contribution in [1.82, 2.24) is 19.6 Å². The van der Waals surface area contributed by atoms with E-state index < -0.39 is 0 Å². The number of carbonyl (C=O) groups excluding carboxylic acids is 1. The van der Waals surface area contributed by atoms with Gasteiger partial charge < -0.3 is 9.64 Å². The number of amides is 1. The van der Waals surface area contributed by atoms with Crippen LogP contribution >= 0.6 is 11.6 Å². The number of hydrogen-bond acceptors (Lipinski definition) is 4. The number of benzene rings is 2. The van der Waals surface area contributed by atoms with Gasteiger partial charge in [0.25, 0.3) is 5.91 Å². The summed E-state index contributed by atoms with van der Waals surface area (Å²) in [6, 6.07) is 17.3. The van der Waals surface area contributed by atoms with Gasteiger partial charge in [0.05, 0.1) is 23.6 Å². The van der Waals surface area contributed by atoms with Gasteiger partial charge in [-0.25, -0.2) is 4.68 Å². The van der Waals surface area contributed by atoms with Gasteiger partial charge in [0.2, 0.25) is 0 Å². The molecule has 0 unspecified atom stereocenters. The number of carbonyl (C=O) groups is 1. The Hall–Kier alpha value is -2.83. The van der Waals surface area contributed by atoms with Crippen molar-refractivity contribution in [2.75, 3.05) is 19.7 Å². The van der Waals surface area contributed by atoms with Crippen molar-refractivity contribution in [1.29, 1.82) is 0 Å². The maximum absolute atomic E-state index is 13.2. The van der Waals surface area contributed by atoms with Gasteiger partial charge in [0.1, 0.15) is 5.75 Å². The molecule has 0 spiro atoms. The third-order valence-corrected chi connectivity index (χ3v) is 6.45. The van der Waals surface area contributed by atoms with Crippen molar-refractivity contribution in [3.05, 3.63) is 76.6 Å². The lowest BCUT2D eigenvalue weighted by Crippen LogP contribution is -2.40. The molecule has 1 aliphatic heterocycles. The average molecular weight is 481 g/mol. The summed E-state index contributed by atoms with van der Waals surface area (Å²) in [6.07, 6.45) is 2.07. The van der Waals surface area contributed by atoms with Gasteiger partial charge in [-0.1, -0.05) is 36.7 Å². The molecule has 2 heterocycles. The SMILES string of the molecule is CCCN1CCc2c(c(CN(C(=O)COc3ccc(Cl)cc3)C(C)C)nn2-c2ccccc2)C1. The zero-order chi connectivity index (χ0) is 24.1. The second kappa shape index (κ2) is 11.1. The highest BCUT2D eigenvalue weighted by atomic mass is 35.5. The van der Waals surface area contributed by atoms with E-state index >= 15 is 0 Å². The first-order valence-corrected chi connectivity index (χ1v) is 12.4. The normalized spacial score (nSPS) is 13.7. The molecule has 0 atom stereocenters. The lowest BCUT2D eigenvalue weighted by molar-refractivity contribution is -0.135. The fourth-order valence-electron chi connectivity index (χ4n) is 4.44. The Morgan fingerprint density at radius 3 is 2.56 bits per heavy atom. The summed E-state index contributed by atoms with van der Waals surface area (Å²) < 4.78 is 7.81. The highest BCUT2D eigenvalue weighted by Crippen LogP contribution is 2.27. The standard InChI is InChI=1S/C27H33ClN4O2/c1-4-15-30-16-14-26-24(17-30)25(29-32(26)22-8-6-5-7-9-22)18-31(20(2)3)27(33)19-34-23-12-10-21(28)11-13-23/h5-13,20H,4,14-19H2,1-3H3. The minimum Gasteiger partial charge on any atom is -0.484 e. The first-order valence-electron chi connectivity index (χ1n) is 12.0. The van der Waals surface area contributed by atoms with Crippen molar-refractivity contribution in [2.45, 2.75) is 52.7 Å². The molecule has 0 radical (unpaired) electrons. The van der Waals surface area contributed by atoms with E-state index in [1.165, 1.54) is 11.3 Å². The van der Waals surface area contributed by atoms with Gasteiger partial charge >= 0.3 is 0 Å². The number of hydrogen-bond donors (Lipinski definition) is 0. The molecule has 180 valence electrons. The van der Waals surface area contributed by atoms with Gasteiger partial charge in [-0.05, 0) is 63.2 Å². The van der Waals surface area contributed by atoms with E-state index in [9.17, 15) is 4.79 Å². The molecule has 1 amide bonds. The van der Waals surface area contributed by atoms with E-state index in [-0.39, 0.29) is 18.6 Å². The molecular weight excluding hydrogens is 448 g/mol. The third-order valence-electron chi connectivity index (χ3n) is 6.20. The summed E-state index contributed by atoms with van der Waals surface area (Å²) in [5, 5.41) is 5.67. The first-order chi connectivity index (χ1) is 16.5. The minimum absolute atomic E-state index is 0.0224. The Kier molecular flexibility index (Phi) is 7.91. The van der Waals surface area contributed by atoms with Crippen LogP contribution in [0.4, 0.5) is 0 Å². The first kappa shape index (κ1) is 24.3. The number of nitrogens with zero attached hydrogens (tertiary/aromatic N) is 4. The molecule has 7 heteroatoms. The van der Waals surface area contributed by atoms with Crippen LogP contribution in [0.3, 0.4) is 0 Å². The van der Waals surface area contributed by atoms with Crippen molar-refractivity contribution in [3.63, 3.8) is 0 Å². The summed E-state index contributed by atoms with van der Waals surface area (Å²) in [5.41, 5.74) is 4.53. The Morgan fingerprint density at radius 2 is 1.88 bits per heavy atom. The van der Waals surface area contributed by atoms with Crippen LogP contribution in [0.15, 0.2) is 54.6 Å². The fraction of sp³-hybridized carbons (Fsp3) is 0.407. The predicted molar refractivity (Wildman–Crippen MR) is 135 cm³/mol. The van der Waals surface area contributed by atoms with Gasteiger partial charge in [0.15, 0.2) is 6.61 Å². The second-order valence-electron chi connectivity index (χ2n) is 9.00. The molecule has 3 aromatic rings. The molecule has 0 saturated heterocycles. The van der Waals surface area contributed by atoms with E-state index in [0.717, 1.165) is 43.9 Å². The number of rotatable bonds is 9. The molecule has 1 aromatic heterocycles. The fourth-order valence-corrected chi connectivity index (χ4v) is 4.56. The minimum atomic E-state index is -0.0609. The van der Waals surface area contributed by atoms with E-state index in [2.05, 4.69) is 28.6 Å². The third kappa shape index (κ3) is 5.62. The molecule has 6 nitrogen and oxygen atoms in total. The van der Waals surface area contributed by atoms with Crippen LogP contribution in [-0.4, -0.2) is 51.2 Å². The maximum atomic E-state index is 13.2. The molecule has 34 heavy (non-hydrogen) atoms. The molecule has 0 aliphatic carbocycles. The van der Waals surface area contributed by atoms with Gasteiger partial charge in [-0.2, -0.15) is 5.10 Å². The van der Waals surface area contributed by atoms with Crippen LogP contribution in [0.2, 0.25) is 5.02 Å². The highest BCUT2D eigenvalue weighted by Gasteiger charge is 2.28.